The van der Waals surface area contributed by atoms with Crippen LogP contribution in [0.1, 0.15) is 15.9 Å². The molecule has 1 amide bonds. The number of anilines is 1. The van der Waals surface area contributed by atoms with Crippen LogP contribution in [0.4, 0.5) is 5.13 Å². The lowest BCUT2D eigenvalue weighted by molar-refractivity contribution is 0.0747. The molecule has 0 radical (unpaired) electrons. The van der Waals surface area contributed by atoms with E-state index in [0.717, 1.165) is 28.2 Å². The van der Waals surface area contributed by atoms with Crippen LogP contribution in [0.25, 0.3) is 10.2 Å². The second kappa shape index (κ2) is 7.18. The molecule has 2 heterocycles. The van der Waals surface area contributed by atoms with Crippen molar-refractivity contribution >= 4 is 60.1 Å². The van der Waals surface area contributed by atoms with Gasteiger partial charge < -0.3 is 9.80 Å². The number of hydrogen-bond acceptors (Lipinski definition) is 4. The standard InChI is InChI=1S/C19H17BrClN3OS/c1-12-2-5-16-17(10-12)26-19(22-16)24-8-6-23(7-9-24)18(25)14-11-13(20)3-4-15(14)21/h2-5,10-11H,6-9H2,1H3. The van der Waals surface area contributed by atoms with Crippen LogP contribution in [0.2, 0.25) is 5.02 Å². The minimum Gasteiger partial charge on any atom is -0.345 e. The Bertz CT molecular complexity index is 982. The number of halogens is 2. The molecule has 1 aliphatic heterocycles. The van der Waals surface area contributed by atoms with E-state index in [-0.39, 0.29) is 5.91 Å². The number of aryl methyl sites for hydroxylation is 1. The van der Waals surface area contributed by atoms with Gasteiger partial charge in [-0.2, -0.15) is 0 Å². The highest BCUT2D eigenvalue weighted by Crippen LogP contribution is 2.30. The molecule has 0 atom stereocenters. The average molecular weight is 451 g/mol. The number of rotatable bonds is 2. The monoisotopic (exact) mass is 449 g/mol. The number of aromatic nitrogens is 1. The van der Waals surface area contributed by atoms with Gasteiger partial charge in [-0.3, -0.25) is 4.79 Å². The quantitative estimate of drug-likeness (QED) is 0.552. The largest absolute Gasteiger partial charge is 0.345 e. The van der Waals surface area contributed by atoms with Crippen molar-refractivity contribution in [2.24, 2.45) is 0 Å². The maximum absolute atomic E-state index is 12.8. The molecule has 0 spiro atoms. The third kappa shape index (κ3) is 3.46. The van der Waals surface area contributed by atoms with Crippen LogP contribution >= 0.6 is 38.9 Å². The predicted octanol–water partition coefficient (Wildman–Crippen LogP) is 4.98. The summed E-state index contributed by atoms with van der Waals surface area (Å²) in [7, 11) is 0. The smallest absolute Gasteiger partial charge is 0.255 e. The molecule has 7 heteroatoms. The van der Waals surface area contributed by atoms with Crippen molar-refractivity contribution < 1.29 is 4.79 Å². The zero-order valence-corrected chi connectivity index (χ0v) is 17.4. The zero-order chi connectivity index (χ0) is 18.3. The molecule has 4 rings (SSSR count). The van der Waals surface area contributed by atoms with Crippen molar-refractivity contribution in [3.8, 4) is 0 Å². The normalized spacial score (nSPS) is 14.9. The summed E-state index contributed by atoms with van der Waals surface area (Å²) in [5, 5.41) is 1.51. The number of piperazine rings is 1. The Hall–Kier alpha value is -1.63. The molecule has 1 fully saturated rings. The van der Waals surface area contributed by atoms with Crippen molar-refractivity contribution in [1.29, 1.82) is 0 Å². The summed E-state index contributed by atoms with van der Waals surface area (Å²) in [4.78, 5) is 21.6. The maximum atomic E-state index is 12.8. The highest BCUT2D eigenvalue weighted by molar-refractivity contribution is 9.10. The number of benzene rings is 2. The lowest BCUT2D eigenvalue weighted by Gasteiger charge is -2.34. The van der Waals surface area contributed by atoms with Crippen LogP contribution in [0.15, 0.2) is 40.9 Å². The SMILES string of the molecule is Cc1ccc2nc(N3CCN(C(=O)c4cc(Br)ccc4Cl)CC3)sc2c1. The van der Waals surface area contributed by atoms with Crippen LogP contribution in [0.5, 0.6) is 0 Å². The molecular weight excluding hydrogens is 434 g/mol. The van der Waals surface area contributed by atoms with Gasteiger partial charge in [-0.25, -0.2) is 4.98 Å². The number of carbonyl (C=O) groups is 1. The van der Waals surface area contributed by atoms with E-state index >= 15 is 0 Å². The first-order chi connectivity index (χ1) is 12.5. The summed E-state index contributed by atoms with van der Waals surface area (Å²) in [5.74, 6) is -0.0177. The number of nitrogens with zero attached hydrogens (tertiary/aromatic N) is 3. The topological polar surface area (TPSA) is 36.4 Å². The summed E-state index contributed by atoms with van der Waals surface area (Å²) in [6.45, 7) is 4.97. The summed E-state index contributed by atoms with van der Waals surface area (Å²) in [6, 6.07) is 11.7. The van der Waals surface area contributed by atoms with Crippen LogP contribution in [-0.2, 0) is 0 Å². The van der Waals surface area contributed by atoms with Gasteiger partial charge in [0.2, 0.25) is 0 Å². The Labute approximate surface area is 169 Å². The Morgan fingerprint density at radius 2 is 1.92 bits per heavy atom. The molecule has 1 aliphatic rings. The highest BCUT2D eigenvalue weighted by atomic mass is 79.9. The van der Waals surface area contributed by atoms with Crippen molar-refractivity contribution in [2.75, 3.05) is 31.1 Å². The van der Waals surface area contributed by atoms with Gasteiger partial charge in [0.15, 0.2) is 5.13 Å². The zero-order valence-electron chi connectivity index (χ0n) is 14.2. The molecule has 1 saturated heterocycles. The average Bonchev–Trinajstić information content (AvgIpc) is 3.06. The minimum atomic E-state index is -0.0177. The Balaban J connectivity index is 1.48. The number of thiazole rings is 1. The van der Waals surface area contributed by atoms with Gasteiger partial charge >= 0.3 is 0 Å². The van der Waals surface area contributed by atoms with Crippen LogP contribution < -0.4 is 4.90 Å². The van der Waals surface area contributed by atoms with Gasteiger partial charge in [-0.05, 0) is 42.8 Å². The third-order valence-corrected chi connectivity index (χ3v) is 6.43. The number of carbonyl (C=O) groups excluding carboxylic acids is 1. The molecule has 2 aromatic carbocycles. The summed E-state index contributed by atoms with van der Waals surface area (Å²) >= 11 is 11.3. The van der Waals surface area contributed by atoms with Crippen molar-refractivity contribution in [2.45, 2.75) is 6.92 Å². The first-order valence-corrected chi connectivity index (χ1v) is 10.4. The molecule has 26 heavy (non-hydrogen) atoms. The van der Waals surface area contributed by atoms with Crippen LogP contribution in [-0.4, -0.2) is 42.0 Å². The first kappa shape index (κ1) is 17.8. The van der Waals surface area contributed by atoms with E-state index < -0.39 is 0 Å². The van der Waals surface area contributed by atoms with Gasteiger partial charge in [-0.1, -0.05) is 44.9 Å². The second-order valence-corrected chi connectivity index (χ2v) is 8.70. The molecule has 0 unspecified atom stereocenters. The van der Waals surface area contributed by atoms with E-state index in [4.69, 9.17) is 16.6 Å². The Morgan fingerprint density at radius 1 is 1.15 bits per heavy atom. The Morgan fingerprint density at radius 3 is 2.69 bits per heavy atom. The fraction of sp³-hybridized carbons (Fsp3) is 0.263. The first-order valence-electron chi connectivity index (χ1n) is 8.38. The van der Waals surface area contributed by atoms with Gasteiger partial charge in [-0.15, -0.1) is 0 Å². The molecule has 0 bridgehead atoms. The molecule has 0 aliphatic carbocycles. The van der Waals surface area contributed by atoms with E-state index in [9.17, 15) is 4.79 Å². The molecule has 1 aromatic heterocycles. The van der Waals surface area contributed by atoms with Crippen LogP contribution in [0.3, 0.4) is 0 Å². The molecule has 0 saturated carbocycles. The molecular formula is C19H17BrClN3OS. The Kier molecular flexibility index (Phi) is 4.90. The molecule has 134 valence electrons. The number of hydrogen-bond donors (Lipinski definition) is 0. The van der Waals surface area contributed by atoms with Crippen molar-refractivity contribution in [3.05, 3.63) is 57.0 Å². The molecule has 3 aromatic rings. The lowest BCUT2D eigenvalue weighted by atomic mass is 10.2. The fourth-order valence-electron chi connectivity index (χ4n) is 3.09. The van der Waals surface area contributed by atoms with E-state index in [0.29, 0.717) is 23.7 Å². The van der Waals surface area contributed by atoms with Gasteiger partial charge in [0.1, 0.15) is 0 Å². The minimum absolute atomic E-state index is 0.0177. The maximum Gasteiger partial charge on any atom is 0.255 e. The second-order valence-electron chi connectivity index (χ2n) is 6.37. The number of fused-ring (bicyclic) bond motifs is 1. The van der Waals surface area contributed by atoms with Gasteiger partial charge in [0.05, 0.1) is 20.8 Å². The highest BCUT2D eigenvalue weighted by Gasteiger charge is 2.25. The molecule has 4 nitrogen and oxygen atoms in total. The van der Waals surface area contributed by atoms with Gasteiger partial charge in [0, 0.05) is 30.7 Å². The number of amides is 1. The predicted molar refractivity (Wildman–Crippen MR) is 112 cm³/mol. The van der Waals surface area contributed by atoms with E-state index in [1.807, 2.05) is 11.0 Å². The van der Waals surface area contributed by atoms with Crippen molar-refractivity contribution in [3.63, 3.8) is 0 Å². The van der Waals surface area contributed by atoms with E-state index in [1.165, 1.54) is 10.3 Å². The van der Waals surface area contributed by atoms with E-state index in [2.05, 4.69) is 46.0 Å². The van der Waals surface area contributed by atoms with Crippen molar-refractivity contribution in [1.82, 2.24) is 9.88 Å². The van der Waals surface area contributed by atoms with Crippen LogP contribution in [0, 0.1) is 6.92 Å². The summed E-state index contributed by atoms with van der Waals surface area (Å²) in [6.07, 6.45) is 0. The third-order valence-electron chi connectivity index (χ3n) is 4.53. The molecule has 0 N–H and O–H groups in total. The van der Waals surface area contributed by atoms with Gasteiger partial charge in [0.25, 0.3) is 5.91 Å². The van der Waals surface area contributed by atoms with E-state index in [1.54, 1.807) is 23.5 Å². The summed E-state index contributed by atoms with van der Waals surface area (Å²) < 4.78 is 2.06. The fourth-order valence-corrected chi connectivity index (χ4v) is 4.76. The summed E-state index contributed by atoms with van der Waals surface area (Å²) in [5.41, 5.74) is 2.83. The lowest BCUT2D eigenvalue weighted by Crippen LogP contribution is -2.48.